The highest BCUT2D eigenvalue weighted by molar-refractivity contribution is 5.76. The topological polar surface area (TPSA) is 71.0 Å². The van der Waals surface area contributed by atoms with Crippen LogP contribution in [0.25, 0.3) is 0 Å². The Bertz CT molecular complexity index is 930. The minimum Gasteiger partial charge on any atom is -0.389 e. The van der Waals surface area contributed by atoms with Crippen molar-refractivity contribution in [2.75, 3.05) is 19.8 Å². The van der Waals surface area contributed by atoms with Crippen LogP contribution in [0.1, 0.15) is 30.4 Å². The van der Waals surface area contributed by atoms with Crippen LogP contribution in [-0.2, 0) is 27.4 Å². The molecule has 2 heterocycles. The molecule has 178 valence electrons. The van der Waals surface area contributed by atoms with Crippen molar-refractivity contribution in [3.8, 4) is 0 Å². The van der Waals surface area contributed by atoms with Crippen molar-refractivity contribution in [2.24, 2.45) is 0 Å². The van der Waals surface area contributed by atoms with E-state index in [1.165, 1.54) is 6.07 Å². The highest BCUT2D eigenvalue weighted by atomic mass is 19.1. The van der Waals surface area contributed by atoms with Crippen LogP contribution in [0.4, 0.5) is 8.78 Å². The molecule has 2 aliphatic heterocycles. The summed E-state index contributed by atoms with van der Waals surface area (Å²) in [4.78, 5) is 14.4. The third kappa shape index (κ3) is 6.57. The van der Waals surface area contributed by atoms with Crippen molar-refractivity contribution in [1.29, 1.82) is 0 Å². The van der Waals surface area contributed by atoms with E-state index in [1.807, 2.05) is 35.2 Å². The molecule has 1 amide bonds. The molecule has 0 aromatic heterocycles. The number of nitrogens with zero attached hydrogens (tertiary/aromatic N) is 1. The Labute approximate surface area is 192 Å². The van der Waals surface area contributed by atoms with E-state index < -0.39 is 17.7 Å². The zero-order valence-electron chi connectivity index (χ0n) is 18.5. The summed E-state index contributed by atoms with van der Waals surface area (Å²) < 4.78 is 39.8. The summed E-state index contributed by atoms with van der Waals surface area (Å²) in [6.45, 7) is 1.30. The van der Waals surface area contributed by atoms with Crippen molar-refractivity contribution >= 4 is 5.91 Å². The number of benzene rings is 2. The maximum atomic E-state index is 14.3. The summed E-state index contributed by atoms with van der Waals surface area (Å²) in [7, 11) is 0. The van der Waals surface area contributed by atoms with Gasteiger partial charge in [0.2, 0.25) is 5.91 Å². The maximum absolute atomic E-state index is 14.3. The first-order valence-electron chi connectivity index (χ1n) is 11.4. The number of hydrogen-bond donors (Lipinski definition) is 2. The Morgan fingerprint density at radius 3 is 2.76 bits per heavy atom. The van der Waals surface area contributed by atoms with Crippen molar-refractivity contribution in [3.63, 3.8) is 0 Å². The third-order valence-corrected chi connectivity index (χ3v) is 6.21. The second-order valence-corrected chi connectivity index (χ2v) is 8.76. The lowest BCUT2D eigenvalue weighted by atomic mass is 9.94. The number of halogens is 2. The highest BCUT2D eigenvalue weighted by Crippen LogP contribution is 2.29. The molecule has 0 saturated carbocycles. The predicted octanol–water partition coefficient (Wildman–Crippen LogP) is 2.78. The predicted molar refractivity (Wildman–Crippen MR) is 118 cm³/mol. The molecule has 4 rings (SSSR count). The Morgan fingerprint density at radius 2 is 1.94 bits per heavy atom. The second-order valence-electron chi connectivity index (χ2n) is 8.76. The summed E-state index contributed by atoms with van der Waals surface area (Å²) in [5.41, 5.74) is 1.27. The van der Waals surface area contributed by atoms with Gasteiger partial charge in [-0.15, -0.1) is 0 Å². The van der Waals surface area contributed by atoms with E-state index >= 15 is 0 Å². The number of carbonyl (C=O) groups is 1. The number of rotatable bonds is 6. The average Bonchev–Trinajstić information content (AvgIpc) is 2.79. The fourth-order valence-corrected chi connectivity index (χ4v) is 4.59. The van der Waals surface area contributed by atoms with Gasteiger partial charge >= 0.3 is 0 Å². The molecule has 2 aromatic carbocycles. The van der Waals surface area contributed by atoms with Crippen LogP contribution in [0.15, 0.2) is 48.5 Å². The summed E-state index contributed by atoms with van der Waals surface area (Å²) >= 11 is 0. The molecule has 4 atom stereocenters. The van der Waals surface area contributed by atoms with Gasteiger partial charge in [-0.25, -0.2) is 8.78 Å². The minimum absolute atomic E-state index is 0.0804. The van der Waals surface area contributed by atoms with Crippen LogP contribution in [0.3, 0.4) is 0 Å². The number of aliphatic hydroxyl groups is 1. The maximum Gasteiger partial charge on any atom is 0.222 e. The fourth-order valence-electron chi connectivity index (χ4n) is 4.59. The van der Waals surface area contributed by atoms with Gasteiger partial charge in [0.1, 0.15) is 11.6 Å². The molecule has 2 fully saturated rings. The molecule has 0 bridgehead atoms. The van der Waals surface area contributed by atoms with Gasteiger partial charge in [-0.1, -0.05) is 30.3 Å². The molecule has 2 N–H and O–H groups in total. The number of aliphatic hydroxyl groups excluding tert-OH is 1. The summed E-state index contributed by atoms with van der Waals surface area (Å²) in [6, 6.07) is 13.0. The number of ether oxygens (including phenoxy) is 2. The molecule has 2 saturated heterocycles. The second kappa shape index (κ2) is 11.2. The standard InChI is InChI=1S/C25H30F2N2O4/c26-19-6-8-22(27)18(10-19)13-29-14-20(30)15-32-16-24-23(29)9-7-21(33-24)11-25(31)28-12-17-4-2-1-3-5-17/h1-6,8,10,20-21,23-24,30H,7,9,11-16H2,(H,28,31)/t20-,21+,23+,24-/m0/s1. The average molecular weight is 461 g/mol. The Balaban J connectivity index is 1.37. The smallest absolute Gasteiger partial charge is 0.222 e. The van der Waals surface area contributed by atoms with Gasteiger partial charge in [-0.2, -0.15) is 0 Å². The number of amides is 1. The Hall–Kier alpha value is -2.39. The van der Waals surface area contributed by atoms with Gasteiger partial charge in [0, 0.05) is 31.2 Å². The normalized spacial score (nSPS) is 26.2. The molecule has 33 heavy (non-hydrogen) atoms. The molecule has 6 nitrogen and oxygen atoms in total. The van der Waals surface area contributed by atoms with Crippen LogP contribution in [-0.4, -0.2) is 60.0 Å². The molecule has 0 unspecified atom stereocenters. The van der Waals surface area contributed by atoms with Crippen LogP contribution in [0.5, 0.6) is 0 Å². The number of nitrogens with one attached hydrogen (secondary N) is 1. The fraction of sp³-hybridized carbons (Fsp3) is 0.480. The molecule has 2 aliphatic rings. The van der Waals surface area contributed by atoms with E-state index in [1.54, 1.807) is 0 Å². The minimum atomic E-state index is -0.732. The van der Waals surface area contributed by atoms with E-state index in [0.29, 0.717) is 19.4 Å². The van der Waals surface area contributed by atoms with E-state index in [9.17, 15) is 18.7 Å². The number of carbonyl (C=O) groups excluding carboxylic acids is 1. The largest absolute Gasteiger partial charge is 0.389 e. The monoisotopic (exact) mass is 460 g/mol. The Kier molecular flexibility index (Phi) is 8.03. The van der Waals surface area contributed by atoms with Crippen LogP contribution >= 0.6 is 0 Å². The zero-order valence-corrected chi connectivity index (χ0v) is 18.5. The Morgan fingerprint density at radius 1 is 1.12 bits per heavy atom. The molecular weight excluding hydrogens is 430 g/mol. The van der Waals surface area contributed by atoms with E-state index in [2.05, 4.69) is 5.32 Å². The summed E-state index contributed by atoms with van der Waals surface area (Å²) in [5, 5.41) is 13.2. The summed E-state index contributed by atoms with van der Waals surface area (Å²) in [6.07, 6.45) is 0.297. The lowest BCUT2D eigenvalue weighted by Crippen LogP contribution is -2.55. The summed E-state index contributed by atoms with van der Waals surface area (Å²) in [5.74, 6) is -1.06. The number of hydrogen-bond acceptors (Lipinski definition) is 5. The number of β-amino-alcohol motifs (C(OH)–C–C–N with tert-alkyl or cyclic N) is 1. The van der Waals surface area contributed by atoms with Gasteiger partial charge in [0.05, 0.1) is 37.9 Å². The SMILES string of the molecule is O=C(C[C@H]1CC[C@@H]2[C@H](COC[C@@H](O)CN2Cc2cc(F)ccc2F)O1)NCc1ccccc1. The molecule has 0 spiro atoms. The quantitative estimate of drug-likeness (QED) is 0.694. The van der Waals surface area contributed by atoms with Gasteiger partial charge in [-0.3, -0.25) is 9.69 Å². The van der Waals surface area contributed by atoms with E-state index in [-0.39, 0.29) is 62.4 Å². The third-order valence-electron chi connectivity index (χ3n) is 6.21. The van der Waals surface area contributed by atoms with Crippen LogP contribution in [0, 0.1) is 11.6 Å². The molecule has 0 radical (unpaired) electrons. The van der Waals surface area contributed by atoms with Crippen molar-refractivity contribution < 1.29 is 28.2 Å². The van der Waals surface area contributed by atoms with Crippen molar-refractivity contribution in [1.82, 2.24) is 10.2 Å². The first-order valence-corrected chi connectivity index (χ1v) is 11.4. The molecular formula is C25H30F2N2O4. The van der Waals surface area contributed by atoms with Crippen LogP contribution < -0.4 is 5.32 Å². The van der Waals surface area contributed by atoms with Gasteiger partial charge in [-0.05, 0) is 36.6 Å². The lowest BCUT2D eigenvalue weighted by molar-refractivity contribution is -0.158. The first-order chi connectivity index (χ1) is 16.0. The lowest BCUT2D eigenvalue weighted by Gasteiger charge is -2.44. The number of fused-ring (bicyclic) bond motifs is 1. The van der Waals surface area contributed by atoms with E-state index in [4.69, 9.17) is 9.47 Å². The molecule has 8 heteroatoms. The van der Waals surface area contributed by atoms with Gasteiger partial charge in [0.25, 0.3) is 0 Å². The van der Waals surface area contributed by atoms with Crippen molar-refractivity contribution in [2.45, 2.75) is 56.7 Å². The zero-order chi connectivity index (χ0) is 23.2. The first kappa shape index (κ1) is 23.8. The molecule has 2 aromatic rings. The van der Waals surface area contributed by atoms with Gasteiger partial charge in [0.15, 0.2) is 0 Å². The molecule has 0 aliphatic carbocycles. The van der Waals surface area contributed by atoms with Crippen molar-refractivity contribution in [3.05, 3.63) is 71.3 Å². The highest BCUT2D eigenvalue weighted by Gasteiger charge is 2.38. The van der Waals surface area contributed by atoms with E-state index in [0.717, 1.165) is 17.7 Å². The van der Waals surface area contributed by atoms with Gasteiger partial charge < -0.3 is 19.9 Å². The van der Waals surface area contributed by atoms with Crippen LogP contribution in [0.2, 0.25) is 0 Å².